The van der Waals surface area contributed by atoms with Gasteiger partial charge in [0.1, 0.15) is 0 Å². The first-order valence-corrected chi connectivity index (χ1v) is 15.8. The normalized spacial score (nSPS) is 33.1. The minimum atomic E-state index is 0.0956. The van der Waals surface area contributed by atoms with Crippen molar-refractivity contribution in [2.45, 2.75) is 75.2 Å². The molecule has 0 aromatic heterocycles. The van der Waals surface area contributed by atoms with E-state index < -0.39 is 0 Å². The summed E-state index contributed by atoms with van der Waals surface area (Å²) in [5.74, 6) is 3.97. The Kier molecular flexibility index (Phi) is 7.64. The molecule has 38 heavy (non-hydrogen) atoms. The van der Waals surface area contributed by atoms with Crippen molar-refractivity contribution in [3.8, 4) is 0 Å². The highest BCUT2D eigenvalue weighted by Crippen LogP contribution is 2.55. The van der Waals surface area contributed by atoms with Crippen LogP contribution >= 0.6 is 15.9 Å². The molecule has 1 aromatic carbocycles. The Balaban J connectivity index is 1.05. The van der Waals surface area contributed by atoms with Gasteiger partial charge < -0.3 is 15.5 Å². The number of benzene rings is 1. The highest BCUT2D eigenvalue weighted by Gasteiger charge is 2.49. The highest BCUT2D eigenvalue weighted by atomic mass is 79.9. The summed E-state index contributed by atoms with van der Waals surface area (Å²) in [5.41, 5.74) is 2.86. The molecule has 2 N–H and O–H groups in total. The standard InChI is InChI=1S/C31H45BrN4O2/c1-35(2)11-8-33-27(37)17-24-18-31(29-25(24)4-3-5-26(29)32)6-9-36(10-7-31)19-28(38)34-30-22-13-20-12-21(15-22)16-23(30)14-20/h3-5,20-24,30H,6-19H2,1-2H3,(H,33,37)(H,34,38). The average molecular weight is 586 g/mol. The molecule has 1 atom stereocenters. The highest BCUT2D eigenvalue weighted by molar-refractivity contribution is 9.10. The second kappa shape index (κ2) is 10.9. The van der Waals surface area contributed by atoms with Crippen LogP contribution in [-0.4, -0.2) is 74.5 Å². The summed E-state index contributed by atoms with van der Waals surface area (Å²) < 4.78 is 1.18. The van der Waals surface area contributed by atoms with E-state index in [0.29, 0.717) is 25.6 Å². The molecule has 6 nitrogen and oxygen atoms in total. The molecule has 5 fully saturated rings. The molecular formula is C31H45BrN4O2. The lowest BCUT2D eigenvalue weighted by molar-refractivity contribution is -0.126. The fraction of sp³-hybridized carbons (Fsp3) is 0.742. The SMILES string of the molecule is CN(C)CCNC(=O)CC1CC2(CCN(CC(=O)NC3C4CC5CC(C4)CC3C5)CC2)c2c(Br)cccc21. The number of rotatable bonds is 8. The van der Waals surface area contributed by atoms with Gasteiger partial charge in [0.15, 0.2) is 0 Å². The van der Waals surface area contributed by atoms with Crippen LogP contribution in [0.2, 0.25) is 0 Å². The molecule has 1 saturated heterocycles. The van der Waals surface area contributed by atoms with Gasteiger partial charge in [-0.05, 0) is 131 Å². The van der Waals surface area contributed by atoms with Crippen LogP contribution in [0, 0.1) is 23.7 Å². The van der Waals surface area contributed by atoms with Gasteiger partial charge in [0.2, 0.25) is 11.8 Å². The third-order valence-electron chi connectivity index (χ3n) is 10.7. The van der Waals surface area contributed by atoms with E-state index in [2.05, 4.69) is 54.6 Å². The molecule has 1 unspecified atom stereocenters. The molecule has 2 amide bonds. The van der Waals surface area contributed by atoms with Crippen molar-refractivity contribution in [3.05, 3.63) is 33.8 Å². The Morgan fingerprint density at radius 3 is 2.37 bits per heavy atom. The van der Waals surface area contributed by atoms with E-state index in [1.165, 1.54) is 47.7 Å². The number of halogens is 1. The maximum Gasteiger partial charge on any atom is 0.234 e. The number of fused-ring (bicyclic) bond motifs is 2. The molecule has 6 aliphatic rings. The maximum absolute atomic E-state index is 13.2. The predicted molar refractivity (Wildman–Crippen MR) is 154 cm³/mol. The van der Waals surface area contributed by atoms with Crippen LogP contribution in [0.25, 0.3) is 0 Å². The first kappa shape index (κ1) is 26.8. The number of likely N-dealkylation sites (tertiary alicyclic amines) is 1. The summed E-state index contributed by atoms with van der Waals surface area (Å²) in [6.07, 6.45) is 10.5. The molecule has 4 saturated carbocycles. The summed E-state index contributed by atoms with van der Waals surface area (Å²) in [4.78, 5) is 30.4. The third kappa shape index (κ3) is 5.32. The monoisotopic (exact) mass is 584 g/mol. The van der Waals surface area contributed by atoms with Gasteiger partial charge in [0.25, 0.3) is 0 Å². The average Bonchev–Trinajstić information content (AvgIpc) is 3.16. The fourth-order valence-corrected chi connectivity index (χ4v) is 10.0. The lowest BCUT2D eigenvalue weighted by Gasteiger charge is -2.54. The van der Waals surface area contributed by atoms with Gasteiger partial charge in [-0.1, -0.05) is 28.1 Å². The number of hydrogen-bond acceptors (Lipinski definition) is 4. The van der Waals surface area contributed by atoms with Crippen molar-refractivity contribution in [3.63, 3.8) is 0 Å². The van der Waals surface area contributed by atoms with Crippen LogP contribution in [0.15, 0.2) is 22.7 Å². The van der Waals surface area contributed by atoms with E-state index in [-0.39, 0.29) is 23.1 Å². The molecule has 208 valence electrons. The molecule has 1 aromatic rings. The Labute approximate surface area is 236 Å². The lowest BCUT2D eigenvalue weighted by Crippen LogP contribution is -2.57. The van der Waals surface area contributed by atoms with Gasteiger partial charge in [-0.25, -0.2) is 0 Å². The van der Waals surface area contributed by atoms with Crippen molar-refractivity contribution < 1.29 is 9.59 Å². The number of likely N-dealkylation sites (N-methyl/N-ethyl adjacent to an activating group) is 1. The van der Waals surface area contributed by atoms with E-state index in [0.717, 1.165) is 62.6 Å². The molecule has 7 rings (SSSR count). The van der Waals surface area contributed by atoms with E-state index in [1.54, 1.807) is 0 Å². The number of carbonyl (C=O) groups excluding carboxylic acids is 2. The fourth-order valence-electron chi connectivity index (χ4n) is 9.21. The van der Waals surface area contributed by atoms with Crippen LogP contribution in [0.4, 0.5) is 0 Å². The van der Waals surface area contributed by atoms with Crippen LogP contribution in [-0.2, 0) is 15.0 Å². The Morgan fingerprint density at radius 1 is 1.03 bits per heavy atom. The van der Waals surface area contributed by atoms with E-state index in [4.69, 9.17) is 0 Å². The molecule has 7 heteroatoms. The van der Waals surface area contributed by atoms with Gasteiger partial charge in [0, 0.05) is 30.0 Å². The van der Waals surface area contributed by atoms with Crippen molar-refractivity contribution in [1.82, 2.24) is 20.4 Å². The molecular weight excluding hydrogens is 540 g/mol. The summed E-state index contributed by atoms with van der Waals surface area (Å²) in [6.45, 7) is 3.96. The second-order valence-corrected chi connectivity index (χ2v) is 14.4. The maximum atomic E-state index is 13.2. The van der Waals surface area contributed by atoms with Crippen LogP contribution in [0.3, 0.4) is 0 Å². The van der Waals surface area contributed by atoms with Crippen LogP contribution < -0.4 is 10.6 Å². The number of carbonyl (C=O) groups is 2. The van der Waals surface area contributed by atoms with Crippen molar-refractivity contribution in [1.29, 1.82) is 0 Å². The van der Waals surface area contributed by atoms with Gasteiger partial charge in [0.05, 0.1) is 6.54 Å². The first-order valence-electron chi connectivity index (χ1n) is 15.0. The summed E-state index contributed by atoms with van der Waals surface area (Å²) in [5, 5.41) is 6.63. The Bertz CT molecular complexity index is 1020. The zero-order valence-electron chi connectivity index (χ0n) is 23.2. The number of nitrogens with zero attached hydrogens (tertiary/aromatic N) is 2. The molecule has 1 aliphatic heterocycles. The largest absolute Gasteiger partial charge is 0.355 e. The van der Waals surface area contributed by atoms with E-state index >= 15 is 0 Å². The van der Waals surface area contributed by atoms with Crippen LogP contribution in [0.5, 0.6) is 0 Å². The number of nitrogens with one attached hydrogen (secondary N) is 2. The molecule has 4 bridgehead atoms. The molecule has 1 spiro atoms. The first-order chi connectivity index (χ1) is 18.3. The van der Waals surface area contributed by atoms with E-state index in [1.807, 2.05) is 14.1 Å². The zero-order valence-corrected chi connectivity index (χ0v) is 24.8. The Morgan fingerprint density at radius 2 is 1.71 bits per heavy atom. The van der Waals surface area contributed by atoms with Crippen molar-refractivity contribution in [2.24, 2.45) is 23.7 Å². The van der Waals surface area contributed by atoms with E-state index in [9.17, 15) is 9.59 Å². The van der Waals surface area contributed by atoms with Gasteiger partial charge >= 0.3 is 0 Å². The lowest BCUT2D eigenvalue weighted by atomic mass is 9.54. The van der Waals surface area contributed by atoms with Crippen molar-refractivity contribution >= 4 is 27.7 Å². The molecule has 1 heterocycles. The summed E-state index contributed by atoms with van der Waals surface area (Å²) >= 11 is 3.87. The molecule has 0 radical (unpaired) electrons. The van der Waals surface area contributed by atoms with Gasteiger partial charge in [-0.15, -0.1) is 0 Å². The molecule has 5 aliphatic carbocycles. The minimum absolute atomic E-state index is 0.0956. The minimum Gasteiger partial charge on any atom is -0.355 e. The van der Waals surface area contributed by atoms with Gasteiger partial charge in [-0.2, -0.15) is 0 Å². The predicted octanol–water partition coefficient (Wildman–Crippen LogP) is 4.28. The van der Waals surface area contributed by atoms with Crippen molar-refractivity contribution in [2.75, 3.05) is 46.8 Å². The number of hydrogen-bond donors (Lipinski definition) is 2. The smallest absolute Gasteiger partial charge is 0.234 e. The van der Waals surface area contributed by atoms with Gasteiger partial charge in [-0.3, -0.25) is 14.5 Å². The quantitative estimate of drug-likeness (QED) is 0.478. The zero-order chi connectivity index (χ0) is 26.4. The number of piperidine rings is 1. The second-order valence-electron chi connectivity index (χ2n) is 13.5. The Hall–Kier alpha value is -1.44. The van der Waals surface area contributed by atoms with Crippen LogP contribution in [0.1, 0.15) is 74.8 Å². The summed E-state index contributed by atoms with van der Waals surface area (Å²) in [6, 6.07) is 6.93. The third-order valence-corrected chi connectivity index (χ3v) is 11.4. The topological polar surface area (TPSA) is 64.7 Å². The number of amides is 2. The summed E-state index contributed by atoms with van der Waals surface area (Å²) in [7, 11) is 4.05.